The van der Waals surface area contributed by atoms with Crippen molar-refractivity contribution in [2.45, 2.75) is 32.4 Å². The van der Waals surface area contributed by atoms with Gasteiger partial charge in [0.2, 0.25) is 0 Å². The number of pyridine rings is 2. The average Bonchev–Trinajstić information content (AvgIpc) is 3.17. The van der Waals surface area contributed by atoms with E-state index in [2.05, 4.69) is 61.0 Å². The van der Waals surface area contributed by atoms with E-state index in [9.17, 15) is 4.79 Å². The smallest absolute Gasteiger partial charge is 0.254 e. The van der Waals surface area contributed by atoms with Gasteiger partial charge in [0, 0.05) is 29.3 Å². The molecule has 5 heterocycles. The summed E-state index contributed by atoms with van der Waals surface area (Å²) in [6, 6.07) is 8.18. The highest BCUT2D eigenvalue weighted by Crippen LogP contribution is 2.46. The van der Waals surface area contributed by atoms with E-state index in [0.717, 1.165) is 32.9 Å². The Labute approximate surface area is 198 Å². The number of imidazole rings is 2. The summed E-state index contributed by atoms with van der Waals surface area (Å²) in [6.07, 6.45) is 12.5. The molecule has 6 rings (SSSR count). The number of rotatable bonds is 6. The van der Waals surface area contributed by atoms with Crippen molar-refractivity contribution in [2.75, 3.05) is 0 Å². The minimum atomic E-state index is -0.185. The lowest BCUT2D eigenvalue weighted by atomic mass is 10.1. The number of fused-ring (bicyclic) bond motifs is 2. The van der Waals surface area contributed by atoms with E-state index in [4.69, 9.17) is 4.98 Å². The fraction of sp³-hybridized carbons (Fsp3) is 0.250. The molecule has 1 N–H and O–H groups in total. The van der Waals surface area contributed by atoms with Gasteiger partial charge in [-0.2, -0.15) is 5.10 Å². The largest absolute Gasteiger partial charge is 0.346 e. The highest BCUT2D eigenvalue weighted by atomic mass is 79.9. The molecule has 9 heteroatoms. The number of hydrogen-bond donors (Lipinski definition) is 1. The highest BCUT2D eigenvalue weighted by Gasteiger charge is 2.34. The first-order valence-corrected chi connectivity index (χ1v) is 11.7. The molecule has 33 heavy (non-hydrogen) atoms. The van der Waals surface area contributed by atoms with E-state index < -0.39 is 0 Å². The van der Waals surface area contributed by atoms with E-state index in [0.29, 0.717) is 24.6 Å². The third kappa shape index (κ3) is 3.93. The zero-order valence-electron chi connectivity index (χ0n) is 18.0. The molecular weight excluding hydrogens is 482 g/mol. The van der Waals surface area contributed by atoms with Crippen molar-refractivity contribution in [3.63, 3.8) is 0 Å². The number of carbonyl (C=O) groups is 1. The van der Waals surface area contributed by atoms with Crippen LogP contribution in [0.5, 0.6) is 0 Å². The maximum Gasteiger partial charge on any atom is 0.254 e. The monoisotopic (exact) mass is 503 g/mol. The molecule has 0 saturated heterocycles. The average molecular weight is 504 g/mol. The van der Waals surface area contributed by atoms with Gasteiger partial charge in [0.25, 0.3) is 5.91 Å². The van der Waals surface area contributed by atoms with Gasteiger partial charge in [-0.25, -0.2) is 9.97 Å². The van der Waals surface area contributed by atoms with E-state index in [-0.39, 0.29) is 5.91 Å². The minimum Gasteiger partial charge on any atom is -0.346 e. The van der Waals surface area contributed by atoms with Crippen LogP contribution in [0.2, 0.25) is 0 Å². The molecule has 166 valence electrons. The maximum absolute atomic E-state index is 12.7. The Hall–Kier alpha value is -3.46. The summed E-state index contributed by atoms with van der Waals surface area (Å²) in [7, 11) is 0. The van der Waals surface area contributed by atoms with Crippen molar-refractivity contribution < 1.29 is 4.79 Å². The Morgan fingerprint density at radius 3 is 2.94 bits per heavy atom. The van der Waals surface area contributed by atoms with Crippen LogP contribution in [0.15, 0.2) is 66.0 Å². The Balaban J connectivity index is 1.13. The molecule has 2 unspecified atom stereocenters. The van der Waals surface area contributed by atoms with Gasteiger partial charge >= 0.3 is 0 Å². The summed E-state index contributed by atoms with van der Waals surface area (Å²) in [5, 5.41) is 7.29. The van der Waals surface area contributed by atoms with Crippen molar-refractivity contribution in [1.29, 1.82) is 0 Å². The zero-order chi connectivity index (χ0) is 22.5. The Bertz CT molecular complexity index is 1500. The Morgan fingerprint density at radius 2 is 2.09 bits per heavy atom. The second kappa shape index (κ2) is 7.84. The first kappa shape index (κ1) is 20.2. The predicted molar refractivity (Wildman–Crippen MR) is 127 cm³/mol. The third-order valence-electron chi connectivity index (χ3n) is 6.28. The van der Waals surface area contributed by atoms with Gasteiger partial charge in [-0.1, -0.05) is 28.9 Å². The summed E-state index contributed by atoms with van der Waals surface area (Å²) in [5.74, 6) is 1.26. The third-order valence-corrected chi connectivity index (χ3v) is 6.77. The van der Waals surface area contributed by atoms with Gasteiger partial charge in [0.05, 0.1) is 48.1 Å². The van der Waals surface area contributed by atoms with E-state index in [1.54, 1.807) is 23.4 Å². The van der Waals surface area contributed by atoms with Gasteiger partial charge in [0.1, 0.15) is 5.65 Å². The fourth-order valence-corrected chi connectivity index (χ4v) is 4.63. The number of carbonyl (C=O) groups excluding carboxylic acids is 1. The summed E-state index contributed by atoms with van der Waals surface area (Å²) in [4.78, 5) is 21.8. The summed E-state index contributed by atoms with van der Waals surface area (Å²) >= 11 is 3.48. The van der Waals surface area contributed by atoms with Crippen molar-refractivity contribution in [3.05, 3.63) is 88.6 Å². The van der Waals surface area contributed by atoms with Gasteiger partial charge in [-0.05, 0) is 42.0 Å². The minimum absolute atomic E-state index is 0.185. The lowest BCUT2D eigenvalue weighted by Gasteiger charge is -2.02. The molecule has 1 saturated carbocycles. The molecule has 5 aromatic heterocycles. The van der Waals surface area contributed by atoms with Gasteiger partial charge < -0.3 is 14.1 Å². The molecule has 1 aliphatic rings. The molecule has 5 aromatic rings. The van der Waals surface area contributed by atoms with Crippen LogP contribution in [0.3, 0.4) is 0 Å². The van der Waals surface area contributed by atoms with Crippen LogP contribution in [0, 0.1) is 5.92 Å². The number of halogens is 1. The van der Waals surface area contributed by atoms with Crippen molar-refractivity contribution in [1.82, 2.24) is 33.9 Å². The van der Waals surface area contributed by atoms with Gasteiger partial charge in [-0.15, -0.1) is 0 Å². The molecule has 0 radical (unpaired) electrons. The maximum atomic E-state index is 12.7. The number of nitrogens with one attached hydrogen (secondary N) is 1. The Kier molecular flexibility index (Phi) is 4.79. The highest BCUT2D eigenvalue weighted by molar-refractivity contribution is 9.10. The number of nitrogens with zero attached hydrogens (tertiary/aromatic N) is 6. The van der Waals surface area contributed by atoms with E-state index in [1.165, 1.54) is 12.0 Å². The van der Waals surface area contributed by atoms with Crippen molar-refractivity contribution >= 4 is 33.0 Å². The first-order valence-electron chi connectivity index (χ1n) is 10.9. The van der Waals surface area contributed by atoms with Crippen molar-refractivity contribution in [2.24, 2.45) is 5.92 Å². The van der Waals surface area contributed by atoms with Crippen molar-refractivity contribution in [3.8, 4) is 0 Å². The lowest BCUT2D eigenvalue weighted by Crippen LogP contribution is -2.22. The van der Waals surface area contributed by atoms with Crippen LogP contribution in [-0.2, 0) is 13.1 Å². The summed E-state index contributed by atoms with van der Waals surface area (Å²) in [6.45, 7) is 3.13. The number of hydrogen-bond acceptors (Lipinski definition) is 4. The van der Waals surface area contributed by atoms with Crippen LogP contribution in [0.25, 0.3) is 11.2 Å². The first-order chi connectivity index (χ1) is 16.0. The fourth-order valence-electron chi connectivity index (χ4n) is 4.30. The molecule has 1 aliphatic carbocycles. The molecule has 0 bridgehead atoms. The molecule has 8 nitrogen and oxygen atoms in total. The van der Waals surface area contributed by atoms with Gasteiger partial charge in [-0.3, -0.25) is 9.48 Å². The standard InChI is InChI=1S/C24H22BrN7O/c1-15-6-20(15)16-2-3-23-29-19(12-31(23)10-16)13-32-11-17(8-28-32)24(33)26-9-21-22-7-18(25)4-5-30(22)14-27-21/h2-5,7-8,10-12,14-15,20H,6,9,13H2,1H3,(H,26,33). The molecule has 0 aliphatic heterocycles. The number of amides is 1. The second-order valence-corrected chi connectivity index (χ2v) is 9.63. The SMILES string of the molecule is CC1CC1c1ccc2nc(Cn3cc(C(=O)NCc4ncn5ccc(Br)cc45)cn3)cn2c1. The lowest BCUT2D eigenvalue weighted by molar-refractivity contribution is 0.0950. The van der Waals surface area contributed by atoms with E-state index in [1.807, 2.05) is 28.9 Å². The molecule has 0 spiro atoms. The normalized spacial score (nSPS) is 17.6. The second-order valence-electron chi connectivity index (χ2n) is 8.72. The molecule has 1 amide bonds. The summed E-state index contributed by atoms with van der Waals surface area (Å²) in [5.41, 5.74) is 5.46. The topological polar surface area (TPSA) is 81.5 Å². The molecule has 0 aromatic carbocycles. The number of aromatic nitrogens is 6. The van der Waals surface area contributed by atoms with Crippen LogP contribution in [0.1, 0.15) is 46.6 Å². The molecule has 2 atom stereocenters. The van der Waals surface area contributed by atoms with Crippen LogP contribution >= 0.6 is 15.9 Å². The quantitative estimate of drug-likeness (QED) is 0.379. The molecular formula is C24H22BrN7O. The zero-order valence-corrected chi connectivity index (χ0v) is 19.6. The van der Waals surface area contributed by atoms with Gasteiger partial charge in [0.15, 0.2) is 0 Å². The van der Waals surface area contributed by atoms with E-state index >= 15 is 0 Å². The van der Waals surface area contributed by atoms with Crippen LogP contribution in [0.4, 0.5) is 0 Å². The predicted octanol–water partition coefficient (Wildman–Crippen LogP) is 4.04. The van der Waals surface area contributed by atoms with Crippen LogP contribution < -0.4 is 5.32 Å². The Morgan fingerprint density at radius 1 is 1.21 bits per heavy atom. The van der Waals surface area contributed by atoms with Crippen LogP contribution in [-0.4, -0.2) is 34.5 Å². The summed E-state index contributed by atoms with van der Waals surface area (Å²) < 4.78 is 6.71. The molecule has 1 fully saturated rings.